The van der Waals surface area contributed by atoms with E-state index in [4.69, 9.17) is 9.84 Å². The quantitative estimate of drug-likeness (QED) is 0.365. The molecule has 2 atom stereocenters. The summed E-state index contributed by atoms with van der Waals surface area (Å²) >= 11 is 0. The zero-order chi connectivity index (χ0) is 24.7. The number of esters is 1. The fourth-order valence-corrected chi connectivity index (χ4v) is 4.05. The lowest BCUT2D eigenvalue weighted by molar-refractivity contribution is -0.147. The monoisotopic (exact) mass is 468 g/mol. The fourth-order valence-electron chi connectivity index (χ4n) is 4.05. The number of nitrogens with one attached hydrogen (secondary N) is 1. The van der Waals surface area contributed by atoms with Crippen LogP contribution in [0.2, 0.25) is 0 Å². The highest BCUT2D eigenvalue weighted by molar-refractivity contribution is 5.85. The maximum Gasteiger partial charge on any atom is 0.334 e. The van der Waals surface area contributed by atoms with Gasteiger partial charge in [-0.15, -0.1) is 0 Å². The van der Waals surface area contributed by atoms with Gasteiger partial charge in [-0.05, 0) is 54.0 Å². The number of carbonyl (C=O) groups excluding carboxylic acids is 2. The van der Waals surface area contributed by atoms with E-state index in [2.05, 4.69) is 5.32 Å². The highest BCUT2D eigenvalue weighted by atomic mass is 16.5. The number of hydrogen-bond acceptors (Lipinski definition) is 5. The first kappa shape index (κ1) is 25.2. The molecule has 0 aromatic heterocycles. The molecule has 2 aromatic carbocycles. The van der Waals surface area contributed by atoms with Gasteiger partial charge in [0.05, 0.1) is 6.54 Å². The fraction of sp³-hybridized carbons (Fsp3) is 0.423. The van der Waals surface area contributed by atoms with Crippen LogP contribution in [-0.4, -0.2) is 58.3 Å². The first-order chi connectivity index (χ1) is 16.2. The van der Waals surface area contributed by atoms with Gasteiger partial charge in [-0.2, -0.15) is 0 Å². The Kier molecular flexibility index (Phi) is 8.65. The number of aryl methyl sites for hydroxylation is 2. The third-order valence-corrected chi connectivity index (χ3v) is 5.70. The number of carboxylic acids is 1. The third-order valence-electron chi connectivity index (χ3n) is 5.70. The van der Waals surface area contributed by atoms with Gasteiger partial charge in [0, 0.05) is 13.0 Å². The molecular formula is C26H32N2O6. The molecule has 0 spiro atoms. The van der Waals surface area contributed by atoms with Crippen molar-refractivity contribution in [2.75, 3.05) is 13.1 Å². The average Bonchev–Trinajstić information content (AvgIpc) is 3.26. The van der Waals surface area contributed by atoms with Crippen molar-refractivity contribution in [1.29, 1.82) is 0 Å². The Morgan fingerprint density at radius 2 is 1.74 bits per heavy atom. The van der Waals surface area contributed by atoms with Crippen LogP contribution >= 0.6 is 0 Å². The third kappa shape index (κ3) is 7.05. The molecule has 1 aliphatic carbocycles. The molecular weight excluding hydrogens is 436 g/mol. The summed E-state index contributed by atoms with van der Waals surface area (Å²) in [5, 5.41) is 21.6. The topological polar surface area (TPSA) is 116 Å². The summed E-state index contributed by atoms with van der Waals surface area (Å²) in [6.45, 7) is 3.57. The maximum atomic E-state index is 13.1. The number of aliphatic hydroxyl groups excluding tert-OH is 1. The van der Waals surface area contributed by atoms with E-state index in [9.17, 15) is 19.5 Å². The minimum atomic E-state index is -1.73. The van der Waals surface area contributed by atoms with Crippen LogP contribution in [0.15, 0.2) is 48.5 Å². The molecule has 8 nitrogen and oxygen atoms in total. The van der Waals surface area contributed by atoms with Gasteiger partial charge in [-0.3, -0.25) is 0 Å². The number of carboxylic acid groups (broad SMARTS) is 1. The van der Waals surface area contributed by atoms with Crippen LogP contribution in [0, 0.1) is 5.92 Å². The van der Waals surface area contributed by atoms with Crippen LogP contribution < -0.4 is 10.1 Å². The van der Waals surface area contributed by atoms with Gasteiger partial charge < -0.3 is 25.2 Å². The second-order valence-electron chi connectivity index (χ2n) is 9.05. The van der Waals surface area contributed by atoms with Crippen molar-refractivity contribution in [2.24, 2.45) is 5.92 Å². The standard InChI is InChI=1S/C26H32N2O6/c1-17(2)15-28(16-23(29)24(30)31)26(33)27-22(13-18-7-4-3-5-8-18)25(32)34-21-12-11-19-9-6-10-20(19)14-21/h3-5,7-8,11-12,14,17,22-23,29H,6,9-10,13,15-16H2,1-2H3,(H,27,33)(H,30,31)/t22-,23?/m0/s1. The Balaban J connectivity index is 1.77. The lowest BCUT2D eigenvalue weighted by Gasteiger charge is -2.28. The van der Waals surface area contributed by atoms with E-state index in [0.717, 1.165) is 24.8 Å². The first-order valence-corrected chi connectivity index (χ1v) is 11.6. The molecule has 0 saturated carbocycles. The lowest BCUT2D eigenvalue weighted by Crippen LogP contribution is -2.53. The Morgan fingerprint density at radius 1 is 1.03 bits per heavy atom. The number of ether oxygens (including phenoxy) is 1. The van der Waals surface area contributed by atoms with Crippen LogP contribution in [0.25, 0.3) is 0 Å². The van der Waals surface area contributed by atoms with Crippen molar-refractivity contribution < 1.29 is 29.3 Å². The zero-order valence-corrected chi connectivity index (χ0v) is 19.6. The minimum Gasteiger partial charge on any atom is -0.479 e. The second-order valence-corrected chi connectivity index (χ2v) is 9.05. The van der Waals surface area contributed by atoms with E-state index >= 15 is 0 Å². The summed E-state index contributed by atoms with van der Waals surface area (Å²) in [6, 6.07) is 13.2. The maximum absolute atomic E-state index is 13.1. The Morgan fingerprint density at radius 3 is 2.41 bits per heavy atom. The number of urea groups is 1. The number of aliphatic carboxylic acids is 1. The van der Waals surface area contributed by atoms with Crippen LogP contribution in [0.3, 0.4) is 0 Å². The molecule has 8 heteroatoms. The number of nitrogens with zero attached hydrogens (tertiary/aromatic N) is 1. The second kappa shape index (κ2) is 11.7. The van der Waals surface area contributed by atoms with Gasteiger partial charge in [0.1, 0.15) is 11.8 Å². The van der Waals surface area contributed by atoms with Crippen LogP contribution in [0.1, 0.15) is 37.0 Å². The number of rotatable bonds is 10. The highest BCUT2D eigenvalue weighted by Gasteiger charge is 2.29. The highest BCUT2D eigenvalue weighted by Crippen LogP contribution is 2.26. The first-order valence-electron chi connectivity index (χ1n) is 11.6. The molecule has 34 heavy (non-hydrogen) atoms. The summed E-state index contributed by atoms with van der Waals surface area (Å²) in [6.07, 6.45) is 1.52. The number of fused-ring (bicyclic) bond motifs is 1. The molecule has 3 N–H and O–H groups in total. The Hall–Kier alpha value is -3.39. The largest absolute Gasteiger partial charge is 0.479 e. The number of amides is 2. The van der Waals surface area contributed by atoms with Crippen molar-refractivity contribution >= 4 is 18.0 Å². The molecule has 2 amide bonds. The normalized spacial score (nSPS) is 14.2. The summed E-state index contributed by atoms with van der Waals surface area (Å²) < 4.78 is 5.64. The number of hydrogen-bond donors (Lipinski definition) is 3. The summed E-state index contributed by atoms with van der Waals surface area (Å²) in [5.74, 6) is -1.58. The van der Waals surface area contributed by atoms with Crippen molar-refractivity contribution in [2.45, 2.75) is 51.7 Å². The van der Waals surface area contributed by atoms with E-state index in [0.29, 0.717) is 5.75 Å². The molecule has 0 fully saturated rings. The summed E-state index contributed by atoms with van der Waals surface area (Å²) in [4.78, 5) is 38.5. The van der Waals surface area contributed by atoms with E-state index in [1.165, 1.54) is 16.0 Å². The van der Waals surface area contributed by atoms with Crippen LogP contribution in [0.4, 0.5) is 4.79 Å². The number of benzene rings is 2. The average molecular weight is 469 g/mol. The lowest BCUT2D eigenvalue weighted by atomic mass is 10.1. The number of aliphatic hydroxyl groups is 1. The van der Waals surface area contributed by atoms with E-state index in [1.54, 1.807) is 6.07 Å². The van der Waals surface area contributed by atoms with E-state index in [1.807, 2.05) is 56.3 Å². The molecule has 0 aliphatic heterocycles. The molecule has 1 unspecified atom stereocenters. The molecule has 3 rings (SSSR count). The van der Waals surface area contributed by atoms with E-state index in [-0.39, 0.29) is 18.9 Å². The van der Waals surface area contributed by atoms with E-state index < -0.39 is 36.7 Å². The predicted molar refractivity (Wildman–Crippen MR) is 127 cm³/mol. The predicted octanol–water partition coefficient (Wildman–Crippen LogP) is 2.81. The van der Waals surface area contributed by atoms with Crippen molar-refractivity contribution in [3.8, 4) is 5.75 Å². The van der Waals surface area contributed by atoms with Gasteiger partial charge in [-0.1, -0.05) is 50.2 Å². The van der Waals surface area contributed by atoms with Crippen LogP contribution in [0.5, 0.6) is 5.75 Å². The number of carbonyl (C=O) groups is 3. The van der Waals surface area contributed by atoms with Gasteiger partial charge in [0.2, 0.25) is 0 Å². The Bertz CT molecular complexity index is 1010. The molecule has 0 heterocycles. The van der Waals surface area contributed by atoms with Gasteiger partial charge in [0.15, 0.2) is 6.10 Å². The summed E-state index contributed by atoms with van der Waals surface area (Å²) in [7, 11) is 0. The Labute approximate surface area is 199 Å². The van der Waals surface area contributed by atoms with Crippen molar-refractivity contribution in [3.05, 3.63) is 65.2 Å². The molecule has 1 aliphatic rings. The molecule has 0 radical (unpaired) electrons. The minimum absolute atomic E-state index is 0.0256. The molecule has 182 valence electrons. The zero-order valence-electron chi connectivity index (χ0n) is 19.6. The van der Waals surface area contributed by atoms with Crippen molar-refractivity contribution in [3.63, 3.8) is 0 Å². The van der Waals surface area contributed by atoms with Crippen molar-refractivity contribution in [1.82, 2.24) is 10.2 Å². The smallest absolute Gasteiger partial charge is 0.334 e. The van der Waals surface area contributed by atoms with Gasteiger partial charge >= 0.3 is 18.0 Å². The van der Waals surface area contributed by atoms with Crippen LogP contribution in [-0.2, 0) is 28.9 Å². The molecule has 2 aromatic rings. The molecule has 0 bridgehead atoms. The van der Waals surface area contributed by atoms with Gasteiger partial charge in [0.25, 0.3) is 0 Å². The molecule has 0 saturated heterocycles. The summed E-state index contributed by atoms with van der Waals surface area (Å²) in [5.41, 5.74) is 3.26. The van der Waals surface area contributed by atoms with Gasteiger partial charge in [-0.25, -0.2) is 14.4 Å². The SMILES string of the molecule is CC(C)CN(CC(O)C(=O)O)C(=O)N[C@@H](Cc1ccccc1)C(=O)Oc1ccc2c(c1)CCC2.